The molecule has 5 heteroatoms. The zero-order valence-corrected chi connectivity index (χ0v) is 12.4. The Morgan fingerprint density at radius 3 is 2.67 bits per heavy atom. The van der Waals surface area contributed by atoms with E-state index in [-0.39, 0.29) is 5.88 Å². The molecule has 108 valence electrons. The number of rotatable bonds is 3. The van der Waals surface area contributed by atoms with E-state index >= 15 is 0 Å². The minimum atomic E-state index is 0.136. The van der Waals surface area contributed by atoms with Crippen molar-refractivity contribution in [1.82, 2.24) is 20.0 Å². The first-order valence-corrected chi connectivity index (χ1v) is 7.01. The molecular formula is C16H18N4O. The molecule has 0 atom stereocenters. The van der Waals surface area contributed by atoms with Crippen LogP contribution in [0.5, 0.6) is 5.88 Å². The molecule has 0 radical (unpaired) electrons. The molecular weight excluding hydrogens is 264 g/mol. The maximum absolute atomic E-state index is 10.6. The molecule has 0 amide bonds. The van der Waals surface area contributed by atoms with Gasteiger partial charge in [0.25, 0.3) is 0 Å². The van der Waals surface area contributed by atoms with E-state index in [1.807, 2.05) is 44.2 Å². The number of hydrogen-bond acceptors (Lipinski definition) is 3. The smallest absolute Gasteiger partial charge is 0.224 e. The maximum atomic E-state index is 10.6. The SMILES string of the molecule is CCc1ccccc1-n1nc(C)c(-c2cc(C)n[nH]2)c1O. The second-order valence-electron chi connectivity index (χ2n) is 5.10. The van der Waals surface area contributed by atoms with Crippen LogP contribution >= 0.6 is 0 Å². The van der Waals surface area contributed by atoms with E-state index in [0.717, 1.165) is 34.8 Å². The molecule has 3 rings (SSSR count). The van der Waals surface area contributed by atoms with Gasteiger partial charge in [0.15, 0.2) is 0 Å². The second kappa shape index (κ2) is 5.09. The first-order valence-electron chi connectivity index (χ1n) is 7.01. The minimum Gasteiger partial charge on any atom is -0.493 e. The first kappa shape index (κ1) is 13.4. The average Bonchev–Trinajstić information content (AvgIpc) is 3.02. The van der Waals surface area contributed by atoms with Crippen LogP contribution in [0.15, 0.2) is 30.3 Å². The summed E-state index contributed by atoms with van der Waals surface area (Å²) in [5.41, 5.74) is 5.17. The average molecular weight is 282 g/mol. The zero-order valence-electron chi connectivity index (χ0n) is 12.4. The summed E-state index contributed by atoms with van der Waals surface area (Å²) < 4.78 is 1.60. The van der Waals surface area contributed by atoms with Gasteiger partial charge in [-0.1, -0.05) is 25.1 Å². The van der Waals surface area contributed by atoms with Crippen molar-refractivity contribution in [2.75, 3.05) is 0 Å². The molecule has 0 unspecified atom stereocenters. The number of aryl methyl sites for hydroxylation is 3. The fraction of sp³-hybridized carbons (Fsp3) is 0.250. The number of aromatic amines is 1. The Bertz CT molecular complexity index is 785. The van der Waals surface area contributed by atoms with Crippen LogP contribution in [0, 0.1) is 13.8 Å². The highest BCUT2D eigenvalue weighted by Gasteiger charge is 2.19. The van der Waals surface area contributed by atoms with Crippen molar-refractivity contribution >= 4 is 0 Å². The lowest BCUT2D eigenvalue weighted by Crippen LogP contribution is -2.00. The van der Waals surface area contributed by atoms with Crippen molar-refractivity contribution in [3.05, 3.63) is 47.3 Å². The molecule has 0 bridgehead atoms. The van der Waals surface area contributed by atoms with Gasteiger partial charge in [0, 0.05) is 0 Å². The number of benzene rings is 1. The van der Waals surface area contributed by atoms with Gasteiger partial charge >= 0.3 is 0 Å². The van der Waals surface area contributed by atoms with Gasteiger partial charge in [0.2, 0.25) is 5.88 Å². The lowest BCUT2D eigenvalue weighted by molar-refractivity contribution is 0.434. The Kier molecular flexibility index (Phi) is 3.25. The molecule has 1 aromatic carbocycles. The maximum Gasteiger partial charge on any atom is 0.224 e. The molecule has 0 aliphatic heterocycles. The molecule has 2 heterocycles. The molecule has 21 heavy (non-hydrogen) atoms. The summed E-state index contributed by atoms with van der Waals surface area (Å²) in [4.78, 5) is 0. The number of hydrogen-bond donors (Lipinski definition) is 2. The van der Waals surface area contributed by atoms with Crippen LogP contribution in [0.4, 0.5) is 0 Å². The Labute approximate surface area is 123 Å². The van der Waals surface area contributed by atoms with Crippen molar-refractivity contribution in [1.29, 1.82) is 0 Å². The van der Waals surface area contributed by atoms with Crippen LogP contribution in [-0.4, -0.2) is 25.1 Å². The van der Waals surface area contributed by atoms with Crippen LogP contribution < -0.4 is 0 Å². The van der Waals surface area contributed by atoms with Crippen LogP contribution in [0.2, 0.25) is 0 Å². The van der Waals surface area contributed by atoms with Gasteiger partial charge in [0.05, 0.1) is 28.3 Å². The van der Waals surface area contributed by atoms with Gasteiger partial charge in [-0.3, -0.25) is 5.10 Å². The van der Waals surface area contributed by atoms with Crippen molar-refractivity contribution < 1.29 is 5.11 Å². The van der Waals surface area contributed by atoms with Crippen LogP contribution in [0.1, 0.15) is 23.9 Å². The summed E-state index contributed by atoms with van der Waals surface area (Å²) in [6, 6.07) is 9.86. The van der Waals surface area contributed by atoms with E-state index in [1.54, 1.807) is 4.68 Å². The molecule has 0 spiro atoms. The predicted octanol–water partition coefficient (Wildman–Crippen LogP) is 3.15. The predicted molar refractivity (Wildman–Crippen MR) is 81.7 cm³/mol. The van der Waals surface area contributed by atoms with E-state index in [1.165, 1.54) is 0 Å². The Balaban J connectivity index is 2.18. The molecule has 0 aliphatic carbocycles. The highest BCUT2D eigenvalue weighted by atomic mass is 16.3. The summed E-state index contributed by atoms with van der Waals surface area (Å²) >= 11 is 0. The summed E-state index contributed by atoms with van der Waals surface area (Å²) in [6.45, 7) is 5.88. The highest BCUT2D eigenvalue weighted by Crippen LogP contribution is 2.34. The fourth-order valence-electron chi connectivity index (χ4n) is 2.56. The zero-order chi connectivity index (χ0) is 15.0. The first-order chi connectivity index (χ1) is 10.1. The van der Waals surface area contributed by atoms with E-state index in [4.69, 9.17) is 0 Å². The van der Waals surface area contributed by atoms with Gasteiger partial charge in [-0.05, 0) is 38.0 Å². The number of aromatic nitrogens is 4. The van der Waals surface area contributed by atoms with Crippen molar-refractivity contribution in [2.45, 2.75) is 27.2 Å². The monoisotopic (exact) mass is 282 g/mol. The van der Waals surface area contributed by atoms with Crippen LogP contribution in [0.25, 0.3) is 16.9 Å². The normalized spacial score (nSPS) is 11.0. The van der Waals surface area contributed by atoms with Gasteiger partial charge in [0.1, 0.15) is 0 Å². The molecule has 3 aromatic rings. The molecule has 2 aromatic heterocycles. The number of para-hydroxylation sites is 1. The summed E-state index contributed by atoms with van der Waals surface area (Å²) in [6.07, 6.45) is 0.882. The quantitative estimate of drug-likeness (QED) is 0.775. The van der Waals surface area contributed by atoms with E-state index in [9.17, 15) is 5.11 Å². The summed E-state index contributed by atoms with van der Waals surface area (Å²) in [7, 11) is 0. The third kappa shape index (κ3) is 2.20. The molecule has 5 nitrogen and oxygen atoms in total. The standard InChI is InChI=1S/C16H18N4O/c1-4-12-7-5-6-8-14(12)20-16(21)15(11(3)19-20)13-9-10(2)17-18-13/h5-9,21H,4H2,1-3H3,(H,17,18). The van der Waals surface area contributed by atoms with Gasteiger partial charge in [-0.2, -0.15) is 10.2 Å². The molecule has 0 saturated heterocycles. The highest BCUT2D eigenvalue weighted by molar-refractivity contribution is 5.69. The largest absolute Gasteiger partial charge is 0.493 e. The topological polar surface area (TPSA) is 66.7 Å². The van der Waals surface area contributed by atoms with Crippen molar-refractivity contribution in [2.24, 2.45) is 0 Å². The van der Waals surface area contributed by atoms with E-state index < -0.39 is 0 Å². The Morgan fingerprint density at radius 2 is 2.00 bits per heavy atom. The van der Waals surface area contributed by atoms with Crippen molar-refractivity contribution in [3.8, 4) is 22.8 Å². The van der Waals surface area contributed by atoms with Crippen LogP contribution in [0.3, 0.4) is 0 Å². The number of H-pyrrole nitrogens is 1. The number of aromatic hydroxyl groups is 1. The van der Waals surface area contributed by atoms with Crippen molar-refractivity contribution in [3.63, 3.8) is 0 Å². The minimum absolute atomic E-state index is 0.136. The fourth-order valence-corrected chi connectivity index (χ4v) is 2.56. The number of nitrogens with zero attached hydrogens (tertiary/aromatic N) is 3. The van der Waals surface area contributed by atoms with E-state index in [2.05, 4.69) is 22.2 Å². The van der Waals surface area contributed by atoms with Gasteiger partial charge in [-0.15, -0.1) is 0 Å². The summed E-state index contributed by atoms with van der Waals surface area (Å²) in [5, 5.41) is 22.1. The third-order valence-electron chi connectivity index (χ3n) is 3.61. The van der Waals surface area contributed by atoms with E-state index in [0.29, 0.717) is 5.56 Å². The lowest BCUT2D eigenvalue weighted by Gasteiger charge is -2.08. The van der Waals surface area contributed by atoms with Crippen LogP contribution in [-0.2, 0) is 6.42 Å². The number of nitrogens with one attached hydrogen (secondary N) is 1. The Hall–Kier alpha value is -2.56. The Morgan fingerprint density at radius 1 is 1.24 bits per heavy atom. The third-order valence-corrected chi connectivity index (χ3v) is 3.61. The van der Waals surface area contributed by atoms with Gasteiger partial charge < -0.3 is 5.11 Å². The lowest BCUT2D eigenvalue weighted by atomic mass is 10.1. The van der Waals surface area contributed by atoms with Gasteiger partial charge in [-0.25, -0.2) is 4.68 Å². The second-order valence-corrected chi connectivity index (χ2v) is 5.10. The summed E-state index contributed by atoms with van der Waals surface area (Å²) in [5.74, 6) is 0.136. The molecule has 0 saturated carbocycles. The molecule has 2 N–H and O–H groups in total. The molecule has 0 fully saturated rings. The molecule has 0 aliphatic rings.